The van der Waals surface area contributed by atoms with E-state index in [1.165, 1.54) is 21.8 Å². The van der Waals surface area contributed by atoms with E-state index in [1.807, 2.05) is 0 Å². The zero-order valence-electron chi connectivity index (χ0n) is 9.39. The number of nitro groups is 1. The van der Waals surface area contributed by atoms with Crippen molar-refractivity contribution < 1.29 is 10.0 Å². The molecule has 0 radical (unpaired) electrons. The molecule has 2 heterocycles. The van der Waals surface area contributed by atoms with Crippen LogP contribution in [0, 0.1) is 10.1 Å². The minimum Gasteiger partial charge on any atom is -0.507 e. The summed E-state index contributed by atoms with van der Waals surface area (Å²) in [5.74, 6) is 0.00246. The number of thiazole rings is 1. The average Bonchev–Trinajstić information content (AvgIpc) is 2.91. The van der Waals surface area contributed by atoms with Gasteiger partial charge in [0.25, 0.3) is 4.96 Å². The van der Waals surface area contributed by atoms with Crippen LogP contribution in [0.4, 0.5) is 5.82 Å². The number of nitrogens with zero attached hydrogens (tertiary/aromatic N) is 3. The first-order chi connectivity index (χ1) is 9.16. The molecule has 8 heteroatoms. The van der Waals surface area contributed by atoms with Gasteiger partial charge < -0.3 is 15.2 Å². The fourth-order valence-corrected chi connectivity index (χ4v) is 3.33. The molecule has 0 amide bonds. The summed E-state index contributed by atoms with van der Waals surface area (Å²) in [6.07, 6.45) is 1.61. The Labute approximate surface area is 115 Å². The molecule has 0 saturated heterocycles. The first-order valence-electron chi connectivity index (χ1n) is 5.22. The van der Waals surface area contributed by atoms with Crippen LogP contribution in [0.2, 0.25) is 0 Å². The number of rotatable bonds is 3. The molecule has 0 spiro atoms. The lowest BCUT2D eigenvalue weighted by Crippen LogP contribution is -1.93. The van der Waals surface area contributed by atoms with Gasteiger partial charge in [0.05, 0.1) is 4.90 Å². The van der Waals surface area contributed by atoms with Crippen LogP contribution < -0.4 is 0 Å². The maximum absolute atomic E-state index is 11.1. The third-order valence-corrected chi connectivity index (χ3v) is 4.24. The van der Waals surface area contributed by atoms with Gasteiger partial charge in [0.15, 0.2) is 0 Å². The molecule has 0 aliphatic carbocycles. The van der Waals surface area contributed by atoms with Crippen molar-refractivity contribution in [2.24, 2.45) is 0 Å². The molecule has 0 unspecified atom stereocenters. The summed E-state index contributed by atoms with van der Waals surface area (Å²) in [5.41, 5.74) is 0. The number of hydrogen-bond acceptors (Lipinski definition) is 6. The summed E-state index contributed by atoms with van der Waals surface area (Å²) in [7, 11) is 0. The monoisotopic (exact) mass is 293 g/mol. The van der Waals surface area contributed by atoms with E-state index >= 15 is 0 Å². The predicted octanol–water partition coefficient (Wildman–Crippen LogP) is 3.16. The standard InChI is InChI=1S/C11H7N3O3S2/c15-7-3-1-2-4-8(7)19-9-10(14(16)17)13-5-6-18-11(13)12-9/h1-6,15H. The van der Waals surface area contributed by atoms with Gasteiger partial charge in [0.1, 0.15) is 11.9 Å². The van der Waals surface area contributed by atoms with Crippen molar-refractivity contribution in [1.82, 2.24) is 9.38 Å². The fourth-order valence-electron chi connectivity index (χ4n) is 1.64. The van der Waals surface area contributed by atoms with Crippen molar-refractivity contribution in [3.8, 4) is 5.75 Å². The smallest absolute Gasteiger partial charge is 0.363 e. The summed E-state index contributed by atoms with van der Waals surface area (Å²) >= 11 is 2.41. The minimum absolute atomic E-state index is 0.0792. The van der Waals surface area contributed by atoms with Crippen LogP contribution in [0.1, 0.15) is 0 Å². The molecule has 0 saturated carbocycles. The number of aromatic nitrogens is 2. The Hall–Kier alpha value is -2.06. The number of para-hydroxylation sites is 1. The summed E-state index contributed by atoms with van der Waals surface area (Å²) in [4.78, 5) is 16.0. The number of phenols is 1. The highest BCUT2D eigenvalue weighted by atomic mass is 32.2. The Balaban J connectivity index is 2.10. The van der Waals surface area contributed by atoms with Crippen molar-refractivity contribution in [2.45, 2.75) is 9.92 Å². The molecule has 0 bridgehead atoms. The van der Waals surface area contributed by atoms with Crippen LogP contribution in [0.3, 0.4) is 0 Å². The van der Waals surface area contributed by atoms with Crippen molar-refractivity contribution in [3.05, 3.63) is 46.0 Å². The Bertz CT molecular complexity index is 765. The maximum atomic E-state index is 11.1. The molecule has 1 N–H and O–H groups in total. The SMILES string of the molecule is O=[N+]([O-])c1c(Sc2ccccc2O)nc2sccn12. The number of aromatic hydroxyl groups is 1. The number of phenolic OH excluding ortho intramolecular Hbond substituents is 1. The highest BCUT2D eigenvalue weighted by Crippen LogP contribution is 2.39. The van der Waals surface area contributed by atoms with Gasteiger partial charge in [0.2, 0.25) is 5.03 Å². The Morgan fingerprint density at radius 1 is 1.42 bits per heavy atom. The van der Waals surface area contributed by atoms with Crippen LogP contribution in [0.25, 0.3) is 4.96 Å². The summed E-state index contributed by atoms with van der Waals surface area (Å²) in [5, 5.41) is 22.9. The molecule has 1 aromatic carbocycles. The Morgan fingerprint density at radius 2 is 2.21 bits per heavy atom. The molecular formula is C11H7N3O3S2. The molecule has 3 rings (SSSR count). The lowest BCUT2D eigenvalue weighted by molar-refractivity contribution is -0.393. The van der Waals surface area contributed by atoms with Gasteiger partial charge in [-0.3, -0.25) is 0 Å². The largest absolute Gasteiger partial charge is 0.507 e. The van der Waals surface area contributed by atoms with Gasteiger partial charge in [-0.15, -0.1) is 0 Å². The van der Waals surface area contributed by atoms with Crippen LogP contribution in [-0.2, 0) is 0 Å². The molecule has 0 aliphatic heterocycles. The highest BCUT2D eigenvalue weighted by Gasteiger charge is 2.24. The first-order valence-corrected chi connectivity index (χ1v) is 6.92. The number of benzene rings is 1. The van der Waals surface area contributed by atoms with E-state index in [2.05, 4.69) is 4.98 Å². The second-order valence-corrected chi connectivity index (χ2v) is 5.53. The lowest BCUT2D eigenvalue weighted by Gasteiger charge is -2.01. The summed E-state index contributed by atoms with van der Waals surface area (Å²) in [6, 6.07) is 6.68. The average molecular weight is 293 g/mol. The molecule has 19 heavy (non-hydrogen) atoms. The Morgan fingerprint density at radius 3 is 2.95 bits per heavy atom. The third-order valence-electron chi connectivity index (χ3n) is 2.45. The minimum atomic E-state index is -0.463. The lowest BCUT2D eigenvalue weighted by atomic mass is 10.3. The van der Waals surface area contributed by atoms with E-state index in [0.717, 1.165) is 11.8 Å². The van der Waals surface area contributed by atoms with Crippen LogP contribution in [-0.4, -0.2) is 19.4 Å². The fraction of sp³-hybridized carbons (Fsp3) is 0. The van der Waals surface area contributed by atoms with Crippen LogP contribution in [0.5, 0.6) is 5.75 Å². The maximum Gasteiger partial charge on any atom is 0.363 e. The second-order valence-electron chi connectivity index (χ2n) is 3.62. The van der Waals surface area contributed by atoms with E-state index in [9.17, 15) is 15.2 Å². The number of hydrogen-bond donors (Lipinski definition) is 1. The van der Waals surface area contributed by atoms with E-state index in [1.54, 1.807) is 29.8 Å². The normalized spacial score (nSPS) is 10.9. The van der Waals surface area contributed by atoms with E-state index in [4.69, 9.17) is 0 Å². The first kappa shape index (κ1) is 12.0. The summed E-state index contributed by atoms with van der Waals surface area (Å²) in [6.45, 7) is 0. The molecule has 0 fully saturated rings. The zero-order valence-corrected chi connectivity index (χ0v) is 11.0. The molecule has 6 nitrogen and oxygen atoms in total. The van der Waals surface area contributed by atoms with Crippen molar-refractivity contribution in [1.29, 1.82) is 0 Å². The van der Waals surface area contributed by atoms with Crippen LogP contribution in [0.15, 0.2) is 45.8 Å². The van der Waals surface area contributed by atoms with Crippen molar-refractivity contribution in [3.63, 3.8) is 0 Å². The molecule has 2 aromatic heterocycles. The van der Waals surface area contributed by atoms with Gasteiger partial charge >= 0.3 is 5.82 Å². The predicted molar refractivity (Wildman–Crippen MR) is 72.0 cm³/mol. The zero-order chi connectivity index (χ0) is 13.4. The molecular weight excluding hydrogens is 286 g/mol. The quantitative estimate of drug-likeness (QED) is 0.592. The van der Waals surface area contributed by atoms with Gasteiger partial charge in [-0.25, -0.2) is 0 Å². The summed E-state index contributed by atoms with van der Waals surface area (Å²) < 4.78 is 1.44. The molecule has 96 valence electrons. The van der Waals surface area contributed by atoms with Gasteiger partial charge in [0, 0.05) is 5.38 Å². The number of imidazole rings is 1. The topological polar surface area (TPSA) is 80.7 Å². The van der Waals surface area contributed by atoms with Gasteiger partial charge in [-0.05, 0) is 17.1 Å². The number of fused-ring (bicyclic) bond motifs is 1. The van der Waals surface area contributed by atoms with E-state index in [0.29, 0.717) is 9.86 Å². The van der Waals surface area contributed by atoms with Gasteiger partial charge in [-0.1, -0.05) is 35.2 Å². The van der Waals surface area contributed by atoms with Gasteiger partial charge in [-0.2, -0.15) is 9.38 Å². The Kier molecular flexibility index (Phi) is 2.88. The van der Waals surface area contributed by atoms with Crippen molar-refractivity contribution in [2.75, 3.05) is 0 Å². The third kappa shape index (κ3) is 2.04. The molecule has 0 atom stereocenters. The van der Waals surface area contributed by atoms with E-state index < -0.39 is 4.92 Å². The van der Waals surface area contributed by atoms with Crippen molar-refractivity contribution >= 4 is 33.9 Å². The van der Waals surface area contributed by atoms with E-state index in [-0.39, 0.29) is 16.6 Å². The molecule has 3 aromatic rings. The molecule has 0 aliphatic rings. The second kappa shape index (κ2) is 4.56. The highest BCUT2D eigenvalue weighted by molar-refractivity contribution is 7.99. The van der Waals surface area contributed by atoms with Crippen LogP contribution >= 0.6 is 23.1 Å².